The molecule has 4 aromatic carbocycles. The zero-order valence-electron chi connectivity index (χ0n) is 10.6. The summed E-state index contributed by atoms with van der Waals surface area (Å²) in [6.07, 6.45) is 0. The van der Waals surface area contributed by atoms with Crippen molar-refractivity contribution in [1.29, 1.82) is 0 Å². The van der Waals surface area contributed by atoms with Crippen molar-refractivity contribution in [2.45, 2.75) is 0 Å². The van der Waals surface area contributed by atoms with E-state index in [1.807, 2.05) is 12.1 Å². The SMILES string of the molecule is Oc1cc2sc3cccc4c5ccccc5c(c1)c2c34. The topological polar surface area (TPSA) is 20.2 Å². The van der Waals surface area contributed by atoms with E-state index in [0.717, 1.165) is 10.1 Å². The van der Waals surface area contributed by atoms with Gasteiger partial charge in [-0.15, -0.1) is 11.3 Å². The van der Waals surface area contributed by atoms with Crippen molar-refractivity contribution in [2.24, 2.45) is 0 Å². The fourth-order valence-corrected chi connectivity index (χ4v) is 4.51. The van der Waals surface area contributed by atoms with Gasteiger partial charge in [-0.1, -0.05) is 36.4 Å². The highest BCUT2D eigenvalue weighted by Crippen LogP contribution is 2.46. The molecule has 1 N–H and O–H groups in total. The summed E-state index contributed by atoms with van der Waals surface area (Å²) in [6, 6.07) is 18.7. The third-order valence-corrected chi connectivity index (χ3v) is 5.19. The molecule has 0 fully saturated rings. The molecule has 2 heteroatoms. The monoisotopic (exact) mass is 274 g/mol. The minimum absolute atomic E-state index is 0.345. The smallest absolute Gasteiger partial charge is 0.117 e. The molecular weight excluding hydrogens is 264 g/mol. The molecule has 5 aromatic rings. The molecule has 20 heavy (non-hydrogen) atoms. The number of fused-ring (bicyclic) bond motifs is 3. The quantitative estimate of drug-likeness (QED) is 0.369. The lowest BCUT2D eigenvalue weighted by atomic mass is 9.94. The van der Waals surface area contributed by atoms with Crippen LogP contribution in [0.3, 0.4) is 0 Å². The Morgan fingerprint density at radius 2 is 1.35 bits per heavy atom. The number of phenols is 1. The van der Waals surface area contributed by atoms with E-state index in [1.54, 1.807) is 11.3 Å². The fourth-order valence-electron chi connectivity index (χ4n) is 3.32. The Hall–Kier alpha value is -2.32. The fraction of sp³-hybridized carbons (Fsp3) is 0. The molecule has 0 atom stereocenters. The predicted octanol–water partition coefficient (Wildman–Crippen LogP) is 5.50. The van der Waals surface area contributed by atoms with Crippen LogP contribution in [0.15, 0.2) is 54.6 Å². The van der Waals surface area contributed by atoms with Gasteiger partial charge < -0.3 is 5.11 Å². The minimum Gasteiger partial charge on any atom is -0.508 e. The van der Waals surface area contributed by atoms with Gasteiger partial charge in [0.15, 0.2) is 0 Å². The summed E-state index contributed by atoms with van der Waals surface area (Å²) < 4.78 is 2.45. The van der Waals surface area contributed by atoms with Crippen LogP contribution in [0, 0.1) is 0 Å². The molecule has 0 aliphatic carbocycles. The van der Waals surface area contributed by atoms with E-state index < -0.39 is 0 Å². The zero-order valence-corrected chi connectivity index (χ0v) is 11.4. The molecule has 0 unspecified atom stereocenters. The number of aromatic hydroxyl groups is 1. The number of hydrogen-bond donors (Lipinski definition) is 1. The van der Waals surface area contributed by atoms with Gasteiger partial charge in [0.05, 0.1) is 0 Å². The average molecular weight is 274 g/mol. The van der Waals surface area contributed by atoms with Crippen LogP contribution in [0.4, 0.5) is 0 Å². The van der Waals surface area contributed by atoms with Gasteiger partial charge in [0, 0.05) is 20.2 Å². The lowest BCUT2D eigenvalue weighted by molar-refractivity contribution is 0.477. The first-order valence-corrected chi connectivity index (χ1v) is 7.42. The third kappa shape index (κ3) is 1.13. The molecule has 0 amide bonds. The largest absolute Gasteiger partial charge is 0.508 e. The van der Waals surface area contributed by atoms with Crippen molar-refractivity contribution < 1.29 is 5.11 Å². The summed E-state index contributed by atoms with van der Waals surface area (Å²) in [7, 11) is 0. The van der Waals surface area contributed by atoms with Crippen molar-refractivity contribution in [3.8, 4) is 5.75 Å². The van der Waals surface area contributed by atoms with E-state index >= 15 is 0 Å². The molecule has 0 saturated heterocycles. The standard InChI is InChI=1S/C18H10OS/c19-10-8-14-12-5-2-1-4-11(12)13-6-3-7-15-17(13)18(14)16(9-10)20-15/h1-9,19H. The van der Waals surface area contributed by atoms with Crippen molar-refractivity contribution >= 4 is 53.1 Å². The molecule has 1 nitrogen and oxygen atoms in total. The Morgan fingerprint density at radius 1 is 0.650 bits per heavy atom. The van der Waals surface area contributed by atoms with Gasteiger partial charge in [-0.3, -0.25) is 0 Å². The first-order valence-electron chi connectivity index (χ1n) is 6.61. The lowest BCUT2D eigenvalue weighted by Crippen LogP contribution is -1.81. The molecule has 1 aromatic heterocycles. The highest BCUT2D eigenvalue weighted by molar-refractivity contribution is 7.26. The molecular formula is C18H10OS. The van der Waals surface area contributed by atoms with Gasteiger partial charge in [-0.05, 0) is 39.7 Å². The van der Waals surface area contributed by atoms with Crippen LogP contribution in [-0.4, -0.2) is 5.11 Å². The average Bonchev–Trinajstić information content (AvgIpc) is 2.84. The summed E-state index contributed by atoms with van der Waals surface area (Å²) in [6.45, 7) is 0. The molecule has 0 aliphatic rings. The highest BCUT2D eigenvalue weighted by atomic mass is 32.1. The normalized spacial score (nSPS) is 12.2. The second-order valence-electron chi connectivity index (χ2n) is 5.19. The first kappa shape index (κ1) is 10.5. The summed E-state index contributed by atoms with van der Waals surface area (Å²) in [4.78, 5) is 0. The summed E-state index contributed by atoms with van der Waals surface area (Å²) in [5, 5.41) is 17.6. The molecule has 0 spiro atoms. The Labute approximate surface area is 119 Å². The molecule has 0 saturated carbocycles. The van der Waals surface area contributed by atoms with Crippen LogP contribution in [0.1, 0.15) is 0 Å². The van der Waals surface area contributed by atoms with E-state index in [4.69, 9.17) is 0 Å². The van der Waals surface area contributed by atoms with Crippen LogP contribution in [-0.2, 0) is 0 Å². The van der Waals surface area contributed by atoms with Gasteiger partial charge in [0.25, 0.3) is 0 Å². The summed E-state index contributed by atoms with van der Waals surface area (Å²) in [5.41, 5.74) is 0. The van der Waals surface area contributed by atoms with Crippen LogP contribution >= 0.6 is 11.3 Å². The van der Waals surface area contributed by atoms with E-state index in [1.165, 1.54) is 31.6 Å². The predicted molar refractivity (Wildman–Crippen MR) is 87.2 cm³/mol. The molecule has 1 heterocycles. The Bertz CT molecular complexity index is 1100. The minimum atomic E-state index is 0.345. The summed E-state index contributed by atoms with van der Waals surface area (Å²) >= 11 is 1.75. The molecule has 0 bridgehead atoms. The van der Waals surface area contributed by atoms with E-state index in [9.17, 15) is 5.11 Å². The van der Waals surface area contributed by atoms with Crippen LogP contribution < -0.4 is 0 Å². The first-order chi connectivity index (χ1) is 9.83. The van der Waals surface area contributed by atoms with Gasteiger partial charge in [-0.25, -0.2) is 0 Å². The number of thiophene rings is 1. The Balaban J connectivity index is 2.32. The van der Waals surface area contributed by atoms with Crippen molar-refractivity contribution in [3.63, 3.8) is 0 Å². The third-order valence-electron chi connectivity index (χ3n) is 4.09. The summed E-state index contributed by atoms with van der Waals surface area (Å²) in [5.74, 6) is 0.345. The molecule has 0 radical (unpaired) electrons. The van der Waals surface area contributed by atoms with Crippen LogP contribution in [0.2, 0.25) is 0 Å². The van der Waals surface area contributed by atoms with Crippen molar-refractivity contribution in [3.05, 3.63) is 54.6 Å². The highest BCUT2D eigenvalue weighted by Gasteiger charge is 2.15. The maximum absolute atomic E-state index is 10.0. The number of rotatable bonds is 0. The van der Waals surface area contributed by atoms with E-state index in [2.05, 4.69) is 42.5 Å². The van der Waals surface area contributed by atoms with Crippen molar-refractivity contribution in [2.75, 3.05) is 0 Å². The Kier molecular flexibility index (Phi) is 1.78. The lowest BCUT2D eigenvalue weighted by Gasteiger charge is -2.09. The number of phenolic OH excluding ortho intramolecular Hbond substituents is 1. The Morgan fingerprint density at radius 3 is 2.20 bits per heavy atom. The van der Waals surface area contributed by atoms with Gasteiger partial charge in [-0.2, -0.15) is 0 Å². The number of benzene rings is 4. The van der Waals surface area contributed by atoms with Crippen LogP contribution in [0.5, 0.6) is 5.75 Å². The van der Waals surface area contributed by atoms with Gasteiger partial charge >= 0.3 is 0 Å². The van der Waals surface area contributed by atoms with E-state index in [0.29, 0.717) is 5.75 Å². The molecule has 5 rings (SSSR count). The molecule has 94 valence electrons. The van der Waals surface area contributed by atoms with Gasteiger partial charge in [0.2, 0.25) is 0 Å². The zero-order chi connectivity index (χ0) is 13.3. The number of hydrogen-bond acceptors (Lipinski definition) is 2. The molecule has 0 aliphatic heterocycles. The second-order valence-corrected chi connectivity index (χ2v) is 6.28. The maximum Gasteiger partial charge on any atom is 0.117 e. The van der Waals surface area contributed by atoms with Crippen molar-refractivity contribution in [1.82, 2.24) is 0 Å². The van der Waals surface area contributed by atoms with Gasteiger partial charge in [0.1, 0.15) is 5.75 Å². The van der Waals surface area contributed by atoms with E-state index in [-0.39, 0.29) is 0 Å². The second kappa shape index (κ2) is 3.41. The van der Waals surface area contributed by atoms with Crippen LogP contribution in [0.25, 0.3) is 41.7 Å². The maximum atomic E-state index is 10.0.